The van der Waals surface area contributed by atoms with E-state index in [0.29, 0.717) is 12.1 Å². The van der Waals surface area contributed by atoms with E-state index in [1.807, 2.05) is 0 Å². The van der Waals surface area contributed by atoms with E-state index in [4.69, 9.17) is 0 Å². The predicted molar refractivity (Wildman–Crippen MR) is 73.4 cm³/mol. The predicted octanol–water partition coefficient (Wildman–Crippen LogP) is 1.54. The van der Waals surface area contributed by atoms with Crippen molar-refractivity contribution in [3.05, 3.63) is 0 Å². The second kappa shape index (κ2) is 6.17. The van der Waals surface area contributed by atoms with Crippen LogP contribution in [-0.4, -0.2) is 61.2 Å². The van der Waals surface area contributed by atoms with Gasteiger partial charge in [0.15, 0.2) is 0 Å². The maximum absolute atomic E-state index is 3.68. The molecule has 17 heavy (non-hydrogen) atoms. The molecule has 3 heteroatoms. The maximum Gasteiger partial charge on any atom is 0.0120 e. The summed E-state index contributed by atoms with van der Waals surface area (Å²) >= 11 is 0. The van der Waals surface area contributed by atoms with Gasteiger partial charge >= 0.3 is 0 Å². The molecule has 0 aromatic heterocycles. The molecule has 2 heterocycles. The molecule has 0 aliphatic carbocycles. The first-order valence-electron chi connectivity index (χ1n) is 7.34. The Bertz CT molecular complexity index is 212. The minimum Gasteiger partial charge on any atom is -0.312 e. The Hall–Kier alpha value is -0.120. The fraction of sp³-hybridized carbons (Fsp3) is 1.00. The standard InChI is InChI=1S/C14H29N3/c1-12-4-10-17(11-5-13(2)15-12)14-6-8-16(3)9-7-14/h12-15H,4-11H2,1-3H3. The van der Waals surface area contributed by atoms with Crippen LogP contribution in [0.1, 0.15) is 39.5 Å². The number of hydrogen-bond acceptors (Lipinski definition) is 3. The molecule has 0 spiro atoms. The monoisotopic (exact) mass is 239 g/mol. The Morgan fingerprint density at radius 2 is 1.35 bits per heavy atom. The van der Waals surface area contributed by atoms with E-state index < -0.39 is 0 Å². The number of nitrogens with zero attached hydrogens (tertiary/aromatic N) is 2. The highest BCUT2D eigenvalue weighted by atomic mass is 15.2. The van der Waals surface area contributed by atoms with Crippen molar-refractivity contribution in [2.24, 2.45) is 0 Å². The summed E-state index contributed by atoms with van der Waals surface area (Å²) in [6, 6.07) is 2.21. The molecule has 0 saturated carbocycles. The van der Waals surface area contributed by atoms with Crippen molar-refractivity contribution in [1.82, 2.24) is 15.1 Å². The Labute approximate surface area is 107 Å². The summed E-state index contributed by atoms with van der Waals surface area (Å²) in [5.74, 6) is 0. The van der Waals surface area contributed by atoms with Crippen LogP contribution in [0.5, 0.6) is 0 Å². The zero-order chi connectivity index (χ0) is 12.3. The van der Waals surface area contributed by atoms with Gasteiger partial charge in [-0.15, -0.1) is 0 Å². The van der Waals surface area contributed by atoms with Crippen molar-refractivity contribution in [3.8, 4) is 0 Å². The molecule has 2 fully saturated rings. The summed E-state index contributed by atoms with van der Waals surface area (Å²) < 4.78 is 0. The molecule has 0 amide bonds. The first-order valence-corrected chi connectivity index (χ1v) is 7.34. The first-order chi connectivity index (χ1) is 8.15. The van der Waals surface area contributed by atoms with Gasteiger partial charge in [0, 0.05) is 18.1 Å². The van der Waals surface area contributed by atoms with Crippen LogP contribution in [0.4, 0.5) is 0 Å². The number of rotatable bonds is 1. The summed E-state index contributed by atoms with van der Waals surface area (Å²) in [7, 11) is 2.25. The number of hydrogen-bond donors (Lipinski definition) is 1. The van der Waals surface area contributed by atoms with Crippen LogP contribution in [0.25, 0.3) is 0 Å². The van der Waals surface area contributed by atoms with E-state index in [9.17, 15) is 0 Å². The Balaban J connectivity index is 1.86. The second-order valence-electron chi connectivity index (χ2n) is 6.12. The molecule has 2 saturated heterocycles. The molecule has 0 bridgehead atoms. The smallest absolute Gasteiger partial charge is 0.0120 e. The number of nitrogens with one attached hydrogen (secondary N) is 1. The highest BCUT2D eigenvalue weighted by Crippen LogP contribution is 2.18. The van der Waals surface area contributed by atoms with Crippen LogP contribution in [-0.2, 0) is 0 Å². The van der Waals surface area contributed by atoms with Crippen molar-refractivity contribution in [2.45, 2.75) is 57.7 Å². The van der Waals surface area contributed by atoms with E-state index in [-0.39, 0.29) is 0 Å². The minimum absolute atomic E-state index is 0.680. The molecule has 0 aromatic carbocycles. The summed E-state index contributed by atoms with van der Waals surface area (Å²) in [5.41, 5.74) is 0. The zero-order valence-corrected chi connectivity index (χ0v) is 11.8. The molecule has 2 aliphatic heterocycles. The molecule has 2 rings (SSSR count). The number of likely N-dealkylation sites (tertiary alicyclic amines) is 1. The largest absolute Gasteiger partial charge is 0.312 e. The summed E-state index contributed by atoms with van der Waals surface area (Å²) in [4.78, 5) is 5.23. The SMILES string of the molecule is CC1CCN(C2CCN(C)CC2)CCC(C)N1. The van der Waals surface area contributed by atoms with Gasteiger partial charge in [-0.05, 0) is 72.8 Å². The minimum atomic E-state index is 0.680. The quantitative estimate of drug-likeness (QED) is 0.749. The van der Waals surface area contributed by atoms with Gasteiger partial charge in [0.1, 0.15) is 0 Å². The van der Waals surface area contributed by atoms with Crippen LogP contribution in [0, 0.1) is 0 Å². The van der Waals surface area contributed by atoms with E-state index in [2.05, 4.69) is 36.0 Å². The van der Waals surface area contributed by atoms with Gasteiger partial charge in [0.05, 0.1) is 0 Å². The van der Waals surface area contributed by atoms with E-state index >= 15 is 0 Å². The first kappa shape index (κ1) is 13.3. The van der Waals surface area contributed by atoms with Crippen LogP contribution in [0.3, 0.4) is 0 Å². The second-order valence-corrected chi connectivity index (χ2v) is 6.12. The van der Waals surface area contributed by atoms with Gasteiger partial charge in [-0.25, -0.2) is 0 Å². The third-order valence-electron chi connectivity index (χ3n) is 4.47. The average molecular weight is 239 g/mol. The van der Waals surface area contributed by atoms with E-state index in [1.54, 1.807) is 0 Å². The Morgan fingerprint density at radius 1 is 0.824 bits per heavy atom. The van der Waals surface area contributed by atoms with Gasteiger partial charge < -0.3 is 15.1 Å². The highest BCUT2D eigenvalue weighted by Gasteiger charge is 2.25. The Morgan fingerprint density at radius 3 is 1.88 bits per heavy atom. The van der Waals surface area contributed by atoms with Crippen molar-refractivity contribution in [3.63, 3.8) is 0 Å². The third-order valence-corrected chi connectivity index (χ3v) is 4.47. The van der Waals surface area contributed by atoms with Crippen LogP contribution < -0.4 is 5.32 Å². The fourth-order valence-corrected chi connectivity index (χ4v) is 3.21. The van der Waals surface area contributed by atoms with Gasteiger partial charge in [0.2, 0.25) is 0 Å². The summed E-state index contributed by atoms with van der Waals surface area (Å²) in [5, 5.41) is 3.68. The lowest BCUT2D eigenvalue weighted by Gasteiger charge is -2.40. The molecule has 0 aromatic rings. The van der Waals surface area contributed by atoms with Crippen LogP contribution in [0.2, 0.25) is 0 Å². The molecular formula is C14H29N3. The number of piperidine rings is 1. The molecule has 2 aliphatic rings. The van der Waals surface area contributed by atoms with E-state index in [0.717, 1.165) is 6.04 Å². The average Bonchev–Trinajstić information content (AvgIpc) is 2.28. The molecule has 0 radical (unpaired) electrons. The summed E-state index contributed by atoms with van der Waals surface area (Å²) in [6.07, 6.45) is 5.34. The zero-order valence-electron chi connectivity index (χ0n) is 11.8. The molecular weight excluding hydrogens is 210 g/mol. The third kappa shape index (κ3) is 3.94. The molecule has 3 nitrogen and oxygen atoms in total. The van der Waals surface area contributed by atoms with Crippen molar-refractivity contribution in [2.75, 3.05) is 33.2 Å². The summed E-state index contributed by atoms with van der Waals surface area (Å²) in [6.45, 7) is 9.79. The van der Waals surface area contributed by atoms with Crippen LogP contribution >= 0.6 is 0 Å². The lowest BCUT2D eigenvalue weighted by Crippen LogP contribution is -2.49. The van der Waals surface area contributed by atoms with E-state index in [1.165, 1.54) is 51.9 Å². The Kier molecular flexibility index (Phi) is 4.83. The van der Waals surface area contributed by atoms with Crippen LogP contribution in [0.15, 0.2) is 0 Å². The topological polar surface area (TPSA) is 18.5 Å². The van der Waals surface area contributed by atoms with Gasteiger partial charge in [0.25, 0.3) is 0 Å². The molecule has 1 N–H and O–H groups in total. The molecule has 2 unspecified atom stereocenters. The van der Waals surface area contributed by atoms with Crippen molar-refractivity contribution in [1.29, 1.82) is 0 Å². The van der Waals surface area contributed by atoms with Gasteiger partial charge in [-0.2, -0.15) is 0 Å². The highest BCUT2D eigenvalue weighted by molar-refractivity contribution is 4.82. The lowest BCUT2D eigenvalue weighted by atomic mass is 10.0. The molecule has 2 atom stereocenters. The normalized spacial score (nSPS) is 35.5. The van der Waals surface area contributed by atoms with Gasteiger partial charge in [-0.3, -0.25) is 0 Å². The maximum atomic E-state index is 3.68. The lowest BCUT2D eigenvalue weighted by molar-refractivity contribution is 0.104. The van der Waals surface area contributed by atoms with Crippen molar-refractivity contribution >= 4 is 0 Å². The molecule has 100 valence electrons. The van der Waals surface area contributed by atoms with Crippen molar-refractivity contribution < 1.29 is 0 Å². The fourth-order valence-electron chi connectivity index (χ4n) is 3.21. The van der Waals surface area contributed by atoms with Gasteiger partial charge in [-0.1, -0.05) is 0 Å².